The Morgan fingerprint density at radius 1 is 1.28 bits per heavy atom. The Hall–Kier alpha value is -1.00. The van der Waals surface area contributed by atoms with Gasteiger partial charge in [0.05, 0.1) is 11.6 Å². The monoisotopic (exact) mass is 257 g/mol. The van der Waals surface area contributed by atoms with Crippen LogP contribution in [0.1, 0.15) is 38.8 Å². The molecule has 0 fully saturated rings. The molecule has 0 aromatic heterocycles. The predicted molar refractivity (Wildman–Crippen MR) is 68.5 cm³/mol. The quantitative estimate of drug-likeness (QED) is 0.843. The van der Waals surface area contributed by atoms with E-state index in [9.17, 15) is 8.78 Å². The van der Waals surface area contributed by atoms with E-state index < -0.39 is 17.2 Å². The number of hydrogen-bond acceptors (Lipinski definition) is 2. The van der Waals surface area contributed by atoms with Gasteiger partial charge in [-0.25, -0.2) is 8.78 Å². The van der Waals surface area contributed by atoms with Gasteiger partial charge >= 0.3 is 0 Å². The molecule has 0 bridgehead atoms. The lowest BCUT2D eigenvalue weighted by Crippen LogP contribution is -2.42. The van der Waals surface area contributed by atoms with Crippen LogP contribution in [0.2, 0.25) is 0 Å². The van der Waals surface area contributed by atoms with Gasteiger partial charge in [-0.3, -0.25) is 0 Å². The highest BCUT2D eigenvalue weighted by Gasteiger charge is 2.33. The first-order valence-electron chi connectivity index (χ1n) is 6.22. The fourth-order valence-electron chi connectivity index (χ4n) is 2.05. The van der Waals surface area contributed by atoms with E-state index in [4.69, 9.17) is 4.74 Å². The van der Waals surface area contributed by atoms with Gasteiger partial charge in [0.25, 0.3) is 0 Å². The van der Waals surface area contributed by atoms with Crippen LogP contribution in [0.15, 0.2) is 18.2 Å². The molecule has 2 nitrogen and oxygen atoms in total. The minimum Gasteiger partial charge on any atom is -0.377 e. The van der Waals surface area contributed by atoms with Crippen molar-refractivity contribution in [2.24, 2.45) is 0 Å². The van der Waals surface area contributed by atoms with E-state index in [1.54, 1.807) is 13.2 Å². The summed E-state index contributed by atoms with van der Waals surface area (Å²) < 4.78 is 31.9. The Morgan fingerprint density at radius 3 is 2.39 bits per heavy atom. The molecule has 0 spiro atoms. The molecule has 0 heterocycles. The number of ether oxygens (including phenoxy) is 1. The van der Waals surface area contributed by atoms with Crippen LogP contribution < -0.4 is 5.32 Å². The summed E-state index contributed by atoms with van der Waals surface area (Å²) in [5.74, 6) is -1.66. The van der Waals surface area contributed by atoms with Crippen LogP contribution in [0, 0.1) is 11.6 Å². The second kappa shape index (κ2) is 6.25. The first-order valence-corrected chi connectivity index (χ1v) is 6.22. The lowest BCUT2D eigenvalue weighted by Gasteiger charge is -2.36. The summed E-state index contributed by atoms with van der Waals surface area (Å²) in [4.78, 5) is 0. The van der Waals surface area contributed by atoms with Crippen molar-refractivity contribution in [2.45, 2.75) is 38.8 Å². The van der Waals surface area contributed by atoms with Gasteiger partial charge in [0, 0.05) is 7.11 Å². The van der Waals surface area contributed by atoms with Gasteiger partial charge in [0.1, 0.15) is 0 Å². The smallest absolute Gasteiger partial charge is 0.159 e. The highest BCUT2D eigenvalue weighted by Crippen LogP contribution is 2.32. The van der Waals surface area contributed by atoms with Gasteiger partial charge in [-0.15, -0.1) is 0 Å². The molecule has 2 atom stereocenters. The third-order valence-corrected chi connectivity index (χ3v) is 3.46. The Balaban J connectivity index is 3.14. The topological polar surface area (TPSA) is 21.3 Å². The molecule has 0 aliphatic rings. The SMILES string of the molecule is CCNC(c1ccc(F)c(F)c1)C(C)(CC)OC. The molecule has 1 aromatic rings. The number of halogens is 2. The maximum Gasteiger partial charge on any atom is 0.159 e. The average molecular weight is 257 g/mol. The summed E-state index contributed by atoms with van der Waals surface area (Å²) >= 11 is 0. The molecule has 0 saturated carbocycles. The molecule has 102 valence electrons. The van der Waals surface area contributed by atoms with Gasteiger partial charge in [0.2, 0.25) is 0 Å². The number of methoxy groups -OCH3 is 1. The lowest BCUT2D eigenvalue weighted by molar-refractivity contribution is -0.0296. The molecular weight excluding hydrogens is 236 g/mol. The van der Waals surface area contributed by atoms with E-state index in [1.165, 1.54) is 6.07 Å². The molecule has 1 N–H and O–H groups in total. The number of nitrogens with one attached hydrogen (secondary N) is 1. The molecule has 0 aliphatic heterocycles. The van der Waals surface area contributed by atoms with Gasteiger partial charge < -0.3 is 10.1 Å². The lowest BCUT2D eigenvalue weighted by atomic mass is 9.87. The molecule has 1 rings (SSSR count). The fraction of sp³-hybridized carbons (Fsp3) is 0.571. The third kappa shape index (κ3) is 3.06. The van der Waals surface area contributed by atoms with Crippen molar-refractivity contribution >= 4 is 0 Å². The van der Waals surface area contributed by atoms with E-state index >= 15 is 0 Å². The van der Waals surface area contributed by atoms with Crippen LogP contribution in [0.5, 0.6) is 0 Å². The van der Waals surface area contributed by atoms with Crippen molar-refractivity contribution in [3.05, 3.63) is 35.4 Å². The molecule has 0 saturated heterocycles. The van der Waals surface area contributed by atoms with Crippen LogP contribution in [-0.2, 0) is 4.74 Å². The maximum atomic E-state index is 13.3. The second-order valence-electron chi connectivity index (χ2n) is 4.53. The van der Waals surface area contributed by atoms with Gasteiger partial charge in [0.15, 0.2) is 11.6 Å². The van der Waals surface area contributed by atoms with Crippen molar-refractivity contribution < 1.29 is 13.5 Å². The van der Waals surface area contributed by atoms with Crippen molar-refractivity contribution in [2.75, 3.05) is 13.7 Å². The molecule has 1 aromatic carbocycles. The standard InChI is InChI=1S/C14H21F2NO/c1-5-14(3,18-4)13(17-6-2)10-7-8-11(15)12(16)9-10/h7-9,13,17H,5-6H2,1-4H3. The first kappa shape index (κ1) is 15.1. The van der Waals surface area contributed by atoms with Crippen molar-refractivity contribution in [3.8, 4) is 0 Å². The van der Waals surface area contributed by atoms with E-state index in [0.29, 0.717) is 5.56 Å². The number of benzene rings is 1. The van der Waals surface area contributed by atoms with Crippen molar-refractivity contribution in [1.82, 2.24) is 5.32 Å². The van der Waals surface area contributed by atoms with E-state index in [1.807, 2.05) is 20.8 Å². The zero-order valence-electron chi connectivity index (χ0n) is 11.4. The number of likely N-dealkylation sites (N-methyl/N-ethyl adjacent to an activating group) is 1. The fourth-order valence-corrected chi connectivity index (χ4v) is 2.05. The molecular formula is C14H21F2NO. The Morgan fingerprint density at radius 2 is 1.94 bits per heavy atom. The third-order valence-electron chi connectivity index (χ3n) is 3.46. The maximum absolute atomic E-state index is 13.3. The minimum absolute atomic E-state index is 0.174. The van der Waals surface area contributed by atoms with Crippen LogP contribution in [0.25, 0.3) is 0 Å². The summed E-state index contributed by atoms with van der Waals surface area (Å²) in [6, 6.07) is 3.81. The Bertz CT molecular complexity index is 391. The molecule has 0 amide bonds. The Kier molecular flexibility index (Phi) is 5.23. The highest BCUT2D eigenvalue weighted by atomic mass is 19.2. The summed E-state index contributed by atoms with van der Waals surface area (Å²) in [6.45, 7) is 6.66. The zero-order valence-corrected chi connectivity index (χ0v) is 11.4. The normalized spacial score (nSPS) is 16.3. The van der Waals surface area contributed by atoms with Gasteiger partial charge in [-0.1, -0.05) is 19.9 Å². The first-order chi connectivity index (χ1) is 8.48. The van der Waals surface area contributed by atoms with Gasteiger partial charge in [-0.2, -0.15) is 0 Å². The molecule has 2 unspecified atom stereocenters. The summed E-state index contributed by atoms with van der Waals surface area (Å²) in [5.41, 5.74) is 0.238. The van der Waals surface area contributed by atoms with Crippen LogP contribution in [0.4, 0.5) is 8.78 Å². The summed E-state index contributed by atoms with van der Waals surface area (Å²) in [6.07, 6.45) is 0.764. The average Bonchev–Trinajstić information content (AvgIpc) is 2.38. The Labute approximate surface area is 107 Å². The molecule has 18 heavy (non-hydrogen) atoms. The predicted octanol–water partition coefficient (Wildman–Crippen LogP) is 3.43. The van der Waals surface area contributed by atoms with E-state index in [0.717, 1.165) is 19.0 Å². The zero-order chi connectivity index (χ0) is 13.8. The number of hydrogen-bond donors (Lipinski definition) is 1. The van der Waals surface area contributed by atoms with Crippen LogP contribution >= 0.6 is 0 Å². The summed E-state index contributed by atoms with van der Waals surface area (Å²) in [7, 11) is 1.63. The second-order valence-corrected chi connectivity index (χ2v) is 4.53. The largest absolute Gasteiger partial charge is 0.377 e. The highest BCUT2D eigenvalue weighted by molar-refractivity contribution is 5.24. The minimum atomic E-state index is -0.829. The summed E-state index contributed by atoms with van der Waals surface area (Å²) in [5, 5.41) is 3.27. The van der Waals surface area contributed by atoms with Crippen LogP contribution in [-0.4, -0.2) is 19.3 Å². The van der Waals surface area contributed by atoms with Crippen LogP contribution in [0.3, 0.4) is 0 Å². The van der Waals surface area contributed by atoms with E-state index in [-0.39, 0.29) is 6.04 Å². The van der Waals surface area contributed by atoms with Gasteiger partial charge in [-0.05, 0) is 37.6 Å². The molecule has 0 aliphatic carbocycles. The molecule has 4 heteroatoms. The molecule has 0 radical (unpaired) electrons. The number of rotatable bonds is 6. The van der Waals surface area contributed by atoms with Crippen molar-refractivity contribution in [1.29, 1.82) is 0 Å². The van der Waals surface area contributed by atoms with E-state index in [2.05, 4.69) is 5.32 Å². The van der Waals surface area contributed by atoms with Crippen molar-refractivity contribution in [3.63, 3.8) is 0 Å².